The molecule has 0 unspecified atom stereocenters. The lowest BCUT2D eigenvalue weighted by atomic mass is 10.2. The van der Waals surface area contributed by atoms with E-state index in [0.29, 0.717) is 17.1 Å². The average molecular weight is 279 g/mol. The van der Waals surface area contributed by atoms with Gasteiger partial charge in [-0.25, -0.2) is 14.6 Å². The smallest absolute Gasteiger partial charge is 0.344 e. The normalized spacial score (nSPS) is 10.8. The summed E-state index contributed by atoms with van der Waals surface area (Å²) in [5.41, 5.74) is 1.07. The van der Waals surface area contributed by atoms with Crippen LogP contribution in [0.4, 0.5) is 0 Å². The Morgan fingerprint density at radius 3 is 2.70 bits per heavy atom. The minimum Gasteiger partial charge on any atom is -0.480 e. The van der Waals surface area contributed by atoms with Gasteiger partial charge in [-0.1, -0.05) is 0 Å². The summed E-state index contributed by atoms with van der Waals surface area (Å²) in [5.74, 6) is -1.25. The third-order valence-electron chi connectivity index (χ3n) is 2.12. The van der Waals surface area contributed by atoms with Gasteiger partial charge in [0.1, 0.15) is 11.4 Å². The number of hydrogen-bond acceptors (Lipinski definition) is 5. The number of aromatic nitrogens is 1. The second-order valence-corrected chi connectivity index (χ2v) is 4.33. The average Bonchev–Trinajstić information content (AvgIpc) is 2.34. The molecule has 0 amide bonds. The largest absolute Gasteiger partial charge is 0.480 e. The molecule has 0 radical (unpaired) electrons. The number of carboxylic acid groups (broad SMARTS) is 1. The summed E-state index contributed by atoms with van der Waals surface area (Å²) in [6.07, 6.45) is 2.06. The van der Waals surface area contributed by atoms with Gasteiger partial charge in [-0.2, -0.15) is 0 Å². The number of esters is 1. The van der Waals surface area contributed by atoms with Crippen molar-refractivity contribution in [3.63, 3.8) is 0 Å². The van der Waals surface area contributed by atoms with Crippen molar-refractivity contribution in [2.75, 3.05) is 6.61 Å². The van der Waals surface area contributed by atoms with Gasteiger partial charge >= 0.3 is 11.9 Å². The third-order valence-corrected chi connectivity index (χ3v) is 2.12. The van der Waals surface area contributed by atoms with Gasteiger partial charge in [-0.15, -0.1) is 0 Å². The zero-order valence-corrected chi connectivity index (χ0v) is 11.6. The van der Waals surface area contributed by atoms with E-state index in [1.54, 1.807) is 32.9 Å². The van der Waals surface area contributed by atoms with E-state index in [9.17, 15) is 9.59 Å². The fraction of sp³-hybridized carbons (Fsp3) is 0.357. The lowest BCUT2D eigenvalue weighted by Gasteiger charge is -2.11. The predicted octanol–water partition coefficient (Wildman–Crippen LogP) is 1.82. The van der Waals surface area contributed by atoms with E-state index in [4.69, 9.17) is 14.6 Å². The van der Waals surface area contributed by atoms with Crippen LogP contribution in [0.15, 0.2) is 18.2 Å². The van der Waals surface area contributed by atoms with Crippen molar-refractivity contribution in [2.24, 2.45) is 0 Å². The minimum absolute atomic E-state index is 0.214. The zero-order valence-electron chi connectivity index (χ0n) is 11.6. The van der Waals surface area contributed by atoms with Gasteiger partial charge in [0.25, 0.3) is 0 Å². The van der Waals surface area contributed by atoms with E-state index in [2.05, 4.69) is 4.98 Å². The summed E-state index contributed by atoms with van der Waals surface area (Å²) in [6.45, 7) is 5.00. The predicted molar refractivity (Wildman–Crippen MR) is 72.4 cm³/mol. The van der Waals surface area contributed by atoms with Crippen LogP contribution < -0.4 is 4.74 Å². The topological polar surface area (TPSA) is 85.7 Å². The second-order valence-electron chi connectivity index (χ2n) is 4.33. The number of nitrogens with zero attached hydrogens (tertiary/aromatic N) is 1. The highest BCUT2D eigenvalue weighted by molar-refractivity contribution is 5.85. The first-order valence-electron chi connectivity index (χ1n) is 6.09. The first kappa shape index (κ1) is 15.7. The van der Waals surface area contributed by atoms with E-state index >= 15 is 0 Å². The van der Waals surface area contributed by atoms with E-state index in [0.717, 1.165) is 6.08 Å². The second kappa shape index (κ2) is 7.28. The molecule has 0 fully saturated rings. The number of pyridine rings is 1. The Morgan fingerprint density at radius 1 is 1.40 bits per heavy atom. The van der Waals surface area contributed by atoms with Crippen LogP contribution in [0.2, 0.25) is 0 Å². The molecule has 0 saturated carbocycles. The fourth-order valence-electron chi connectivity index (χ4n) is 1.39. The Balaban J connectivity index is 2.78. The number of hydrogen-bond donors (Lipinski definition) is 1. The highest BCUT2D eigenvalue weighted by Crippen LogP contribution is 2.18. The maximum atomic E-state index is 11.4. The SMILES string of the molecule is Cc1ccc(OCC(=O)OC(C)C)c(C=CC(=O)O)n1. The molecule has 0 aliphatic carbocycles. The number of ether oxygens (including phenoxy) is 2. The van der Waals surface area contributed by atoms with Crippen molar-refractivity contribution in [3.05, 3.63) is 29.6 Å². The molecule has 1 N–H and O–H groups in total. The van der Waals surface area contributed by atoms with Gasteiger partial charge in [0, 0.05) is 11.8 Å². The molecule has 1 aromatic heterocycles. The zero-order chi connectivity index (χ0) is 15.1. The van der Waals surface area contributed by atoms with E-state index < -0.39 is 11.9 Å². The Morgan fingerprint density at radius 2 is 2.10 bits per heavy atom. The molecule has 0 bridgehead atoms. The minimum atomic E-state index is -1.08. The summed E-state index contributed by atoms with van der Waals surface area (Å²) in [5, 5.41) is 8.62. The Bertz CT molecular complexity index is 522. The highest BCUT2D eigenvalue weighted by Gasteiger charge is 2.09. The number of rotatable bonds is 6. The van der Waals surface area contributed by atoms with Crippen LogP contribution >= 0.6 is 0 Å². The lowest BCUT2D eigenvalue weighted by molar-refractivity contribution is -0.149. The quantitative estimate of drug-likeness (QED) is 0.631. The Hall–Kier alpha value is -2.37. The number of carbonyl (C=O) groups is 2. The monoisotopic (exact) mass is 279 g/mol. The molecule has 0 aliphatic heterocycles. The molecule has 1 heterocycles. The Kier molecular flexibility index (Phi) is 5.71. The number of carboxylic acids is 1. The van der Waals surface area contributed by atoms with Gasteiger partial charge in [0.05, 0.1) is 6.10 Å². The molecule has 0 aromatic carbocycles. The van der Waals surface area contributed by atoms with Gasteiger partial charge in [-0.3, -0.25) is 0 Å². The molecule has 0 aliphatic rings. The molecular weight excluding hydrogens is 262 g/mol. The standard InChI is InChI=1S/C14H17NO5/c1-9(2)20-14(18)8-19-12-6-4-10(3)15-11(12)5-7-13(16)17/h4-7,9H,8H2,1-3H3,(H,16,17). The molecule has 1 aromatic rings. The van der Waals surface area contributed by atoms with Crippen LogP contribution in [0.3, 0.4) is 0 Å². The fourth-order valence-corrected chi connectivity index (χ4v) is 1.39. The van der Waals surface area contributed by atoms with E-state index in [-0.39, 0.29) is 12.7 Å². The van der Waals surface area contributed by atoms with Crippen LogP contribution in [0, 0.1) is 6.92 Å². The summed E-state index contributed by atoms with van der Waals surface area (Å²) < 4.78 is 10.2. The van der Waals surface area contributed by atoms with Gasteiger partial charge in [0.2, 0.25) is 0 Å². The molecule has 20 heavy (non-hydrogen) atoms. The van der Waals surface area contributed by atoms with Crippen molar-refractivity contribution in [1.29, 1.82) is 0 Å². The van der Waals surface area contributed by atoms with Crippen LogP contribution in [-0.2, 0) is 14.3 Å². The molecule has 6 heteroatoms. The van der Waals surface area contributed by atoms with Crippen LogP contribution in [0.1, 0.15) is 25.2 Å². The number of carbonyl (C=O) groups excluding carboxylic acids is 1. The molecule has 0 saturated heterocycles. The molecule has 108 valence electrons. The van der Waals surface area contributed by atoms with E-state index in [1.807, 2.05) is 0 Å². The lowest BCUT2D eigenvalue weighted by Crippen LogP contribution is -2.19. The molecular formula is C14H17NO5. The summed E-state index contributed by atoms with van der Waals surface area (Å²) in [7, 11) is 0. The Labute approximate surface area is 117 Å². The molecule has 0 atom stereocenters. The van der Waals surface area contributed by atoms with Gasteiger partial charge < -0.3 is 14.6 Å². The molecule has 6 nitrogen and oxygen atoms in total. The highest BCUT2D eigenvalue weighted by atomic mass is 16.6. The van der Waals surface area contributed by atoms with Crippen LogP contribution in [0.5, 0.6) is 5.75 Å². The van der Waals surface area contributed by atoms with Crippen molar-refractivity contribution in [3.8, 4) is 5.75 Å². The summed E-state index contributed by atoms with van der Waals surface area (Å²) in [4.78, 5) is 26.1. The maximum absolute atomic E-state index is 11.4. The van der Waals surface area contributed by atoms with Crippen molar-refractivity contribution < 1.29 is 24.2 Å². The molecule has 0 spiro atoms. The summed E-state index contributed by atoms with van der Waals surface area (Å²) >= 11 is 0. The van der Waals surface area contributed by atoms with Crippen LogP contribution in [0.25, 0.3) is 6.08 Å². The van der Waals surface area contributed by atoms with Crippen molar-refractivity contribution in [2.45, 2.75) is 26.9 Å². The number of aliphatic carboxylic acids is 1. The van der Waals surface area contributed by atoms with Crippen LogP contribution in [-0.4, -0.2) is 34.7 Å². The van der Waals surface area contributed by atoms with E-state index in [1.165, 1.54) is 6.08 Å². The number of aryl methyl sites for hydroxylation is 1. The van der Waals surface area contributed by atoms with Crippen molar-refractivity contribution >= 4 is 18.0 Å². The summed E-state index contributed by atoms with van der Waals surface area (Å²) in [6, 6.07) is 3.34. The molecule has 1 rings (SSSR count). The first-order valence-corrected chi connectivity index (χ1v) is 6.09. The third kappa shape index (κ3) is 5.51. The maximum Gasteiger partial charge on any atom is 0.344 e. The van der Waals surface area contributed by atoms with Gasteiger partial charge in [0.15, 0.2) is 6.61 Å². The van der Waals surface area contributed by atoms with Crippen molar-refractivity contribution in [1.82, 2.24) is 4.98 Å². The first-order chi connectivity index (χ1) is 9.38. The van der Waals surface area contributed by atoms with Gasteiger partial charge in [-0.05, 0) is 39.0 Å².